The fraction of sp³-hybridized carbons (Fsp3) is 1.00. The van der Waals surface area contributed by atoms with E-state index in [2.05, 4.69) is 43.6 Å². The van der Waals surface area contributed by atoms with Crippen LogP contribution in [0.1, 0.15) is 40.5 Å². The molecule has 1 aliphatic rings. The van der Waals surface area contributed by atoms with E-state index in [0.29, 0.717) is 5.92 Å². The van der Waals surface area contributed by atoms with Gasteiger partial charge in [0.1, 0.15) is 0 Å². The lowest BCUT2D eigenvalue weighted by atomic mass is 9.89. The van der Waals surface area contributed by atoms with Gasteiger partial charge in [0.05, 0.1) is 11.2 Å². The summed E-state index contributed by atoms with van der Waals surface area (Å²) in [5.74, 6) is 0.610. The van der Waals surface area contributed by atoms with Gasteiger partial charge in [-0.05, 0) is 32.6 Å². The van der Waals surface area contributed by atoms with Crippen molar-refractivity contribution in [3.63, 3.8) is 0 Å². The van der Waals surface area contributed by atoms with Crippen molar-refractivity contribution in [2.45, 2.75) is 51.7 Å². The van der Waals surface area contributed by atoms with Crippen LogP contribution in [0.3, 0.4) is 0 Å². The molecule has 12 heavy (non-hydrogen) atoms. The van der Waals surface area contributed by atoms with Gasteiger partial charge in [-0.25, -0.2) is 0 Å². The van der Waals surface area contributed by atoms with Gasteiger partial charge < -0.3 is 4.74 Å². The SMILES string of the molecule is CC(C)C1(C)CCC(C)(CBr)O1. The monoisotopic (exact) mass is 234 g/mol. The summed E-state index contributed by atoms with van der Waals surface area (Å²) in [7, 11) is 0. The number of alkyl halides is 1. The first-order valence-corrected chi connectivity index (χ1v) is 5.80. The normalized spacial score (nSPS) is 42.5. The molecule has 1 saturated heterocycles. The Morgan fingerprint density at radius 3 is 2.17 bits per heavy atom. The van der Waals surface area contributed by atoms with E-state index in [1.54, 1.807) is 0 Å². The molecule has 0 N–H and O–H groups in total. The second kappa shape index (κ2) is 3.30. The van der Waals surface area contributed by atoms with Crippen LogP contribution in [0.15, 0.2) is 0 Å². The van der Waals surface area contributed by atoms with Crippen LogP contribution >= 0.6 is 15.9 Å². The zero-order valence-electron chi connectivity index (χ0n) is 8.48. The maximum absolute atomic E-state index is 6.10. The minimum Gasteiger partial charge on any atom is -0.368 e. The molecule has 2 heteroatoms. The van der Waals surface area contributed by atoms with E-state index in [1.165, 1.54) is 12.8 Å². The molecule has 2 atom stereocenters. The second-order valence-corrected chi connectivity index (χ2v) is 5.21. The summed E-state index contributed by atoms with van der Waals surface area (Å²) in [5.41, 5.74) is 0.168. The van der Waals surface area contributed by atoms with E-state index in [-0.39, 0.29) is 11.2 Å². The van der Waals surface area contributed by atoms with Crippen LogP contribution in [0.4, 0.5) is 0 Å². The van der Waals surface area contributed by atoms with Crippen LogP contribution in [0, 0.1) is 5.92 Å². The standard InChI is InChI=1S/C10H19BrO/c1-8(2)10(4)6-5-9(3,7-11)12-10/h8H,5-7H2,1-4H3. The fourth-order valence-corrected chi connectivity index (χ4v) is 2.07. The lowest BCUT2D eigenvalue weighted by Gasteiger charge is -2.32. The van der Waals surface area contributed by atoms with Gasteiger partial charge in [0.25, 0.3) is 0 Å². The number of hydrogen-bond donors (Lipinski definition) is 0. The Hall–Kier alpha value is 0.440. The summed E-state index contributed by atoms with van der Waals surface area (Å²) in [6, 6.07) is 0. The van der Waals surface area contributed by atoms with E-state index >= 15 is 0 Å². The Labute approximate surface area is 84.0 Å². The van der Waals surface area contributed by atoms with E-state index in [0.717, 1.165) is 5.33 Å². The average Bonchev–Trinajstić information content (AvgIpc) is 2.30. The van der Waals surface area contributed by atoms with E-state index < -0.39 is 0 Å². The molecule has 0 aromatic heterocycles. The minimum absolute atomic E-state index is 0.0685. The van der Waals surface area contributed by atoms with Crippen molar-refractivity contribution in [1.29, 1.82) is 0 Å². The molecular weight excluding hydrogens is 216 g/mol. The zero-order chi connectivity index (χ0) is 9.41. The molecule has 72 valence electrons. The van der Waals surface area contributed by atoms with Crippen molar-refractivity contribution in [1.82, 2.24) is 0 Å². The molecule has 0 bridgehead atoms. The molecule has 2 unspecified atom stereocenters. The maximum Gasteiger partial charge on any atom is 0.0759 e. The highest BCUT2D eigenvalue weighted by Gasteiger charge is 2.44. The molecule has 0 saturated carbocycles. The largest absolute Gasteiger partial charge is 0.368 e. The van der Waals surface area contributed by atoms with Gasteiger partial charge in [-0.3, -0.25) is 0 Å². The van der Waals surface area contributed by atoms with Gasteiger partial charge in [0.2, 0.25) is 0 Å². The first kappa shape index (κ1) is 10.5. The third kappa shape index (κ3) is 1.85. The van der Waals surface area contributed by atoms with Gasteiger partial charge in [0.15, 0.2) is 0 Å². The van der Waals surface area contributed by atoms with E-state index in [4.69, 9.17) is 4.74 Å². The van der Waals surface area contributed by atoms with Crippen LogP contribution in [0.2, 0.25) is 0 Å². The molecule has 1 rings (SSSR count). The first-order valence-electron chi connectivity index (χ1n) is 4.68. The third-order valence-electron chi connectivity index (χ3n) is 3.13. The Kier molecular flexibility index (Phi) is 2.89. The summed E-state index contributed by atoms with van der Waals surface area (Å²) in [4.78, 5) is 0. The minimum atomic E-state index is 0.0685. The highest BCUT2D eigenvalue weighted by Crippen LogP contribution is 2.42. The predicted octanol–water partition coefficient (Wildman–Crippen LogP) is 3.37. The summed E-state index contributed by atoms with van der Waals surface area (Å²) < 4.78 is 6.10. The summed E-state index contributed by atoms with van der Waals surface area (Å²) in [5, 5.41) is 0.947. The van der Waals surface area contributed by atoms with Crippen LogP contribution in [-0.4, -0.2) is 16.5 Å². The Morgan fingerprint density at radius 1 is 1.33 bits per heavy atom. The molecule has 0 aromatic carbocycles. The highest BCUT2D eigenvalue weighted by molar-refractivity contribution is 9.09. The molecule has 0 aromatic rings. The number of rotatable bonds is 2. The van der Waals surface area contributed by atoms with Gasteiger partial charge in [-0.15, -0.1) is 0 Å². The number of halogens is 1. The van der Waals surface area contributed by atoms with Crippen LogP contribution in [-0.2, 0) is 4.74 Å². The molecule has 1 nitrogen and oxygen atoms in total. The summed E-state index contributed by atoms with van der Waals surface area (Å²) in [6.07, 6.45) is 2.36. The lowest BCUT2D eigenvalue weighted by Crippen LogP contribution is -2.36. The highest BCUT2D eigenvalue weighted by atomic mass is 79.9. The van der Waals surface area contributed by atoms with Crippen molar-refractivity contribution >= 4 is 15.9 Å². The first-order chi connectivity index (χ1) is 5.42. The zero-order valence-corrected chi connectivity index (χ0v) is 10.1. The van der Waals surface area contributed by atoms with Gasteiger partial charge in [-0.2, -0.15) is 0 Å². The van der Waals surface area contributed by atoms with Gasteiger partial charge in [-0.1, -0.05) is 29.8 Å². The molecule has 1 fully saturated rings. The average molecular weight is 235 g/mol. The summed E-state index contributed by atoms with van der Waals surface area (Å²) in [6.45, 7) is 8.89. The van der Waals surface area contributed by atoms with Crippen LogP contribution < -0.4 is 0 Å². The van der Waals surface area contributed by atoms with Crippen LogP contribution in [0.25, 0.3) is 0 Å². The summed E-state index contributed by atoms with van der Waals surface area (Å²) >= 11 is 3.51. The smallest absolute Gasteiger partial charge is 0.0759 e. The molecule has 0 spiro atoms. The van der Waals surface area contributed by atoms with Gasteiger partial charge >= 0.3 is 0 Å². The fourth-order valence-electron chi connectivity index (χ4n) is 1.68. The van der Waals surface area contributed by atoms with Crippen molar-refractivity contribution in [2.24, 2.45) is 5.92 Å². The Morgan fingerprint density at radius 2 is 1.92 bits per heavy atom. The predicted molar refractivity (Wildman–Crippen MR) is 55.8 cm³/mol. The Balaban J connectivity index is 2.66. The van der Waals surface area contributed by atoms with Crippen molar-refractivity contribution < 1.29 is 4.74 Å². The van der Waals surface area contributed by atoms with E-state index in [9.17, 15) is 0 Å². The molecule has 1 heterocycles. The topological polar surface area (TPSA) is 9.23 Å². The number of ether oxygens (including phenoxy) is 1. The maximum atomic E-state index is 6.10. The molecular formula is C10H19BrO. The van der Waals surface area contributed by atoms with Gasteiger partial charge in [0, 0.05) is 5.33 Å². The second-order valence-electron chi connectivity index (χ2n) is 4.65. The Bertz CT molecular complexity index is 169. The molecule has 0 aliphatic carbocycles. The van der Waals surface area contributed by atoms with Crippen molar-refractivity contribution in [3.8, 4) is 0 Å². The van der Waals surface area contributed by atoms with Crippen molar-refractivity contribution in [2.75, 3.05) is 5.33 Å². The van der Waals surface area contributed by atoms with Crippen LogP contribution in [0.5, 0.6) is 0 Å². The lowest BCUT2D eigenvalue weighted by molar-refractivity contribution is -0.0958. The quantitative estimate of drug-likeness (QED) is 0.667. The molecule has 0 radical (unpaired) electrons. The molecule has 1 aliphatic heterocycles. The third-order valence-corrected chi connectivity index (χ3v) is 4.32. The number of hydrogen-bond acceptors (Lipinski definition) is 1. The van der Waals surface area contributed by atoms with E-state index in [1.807, 2.05) is 0 Å². The van der Waals surface area contributed by atoms with Crippen molar-refractivity contribution in [3.05, 3.63) is 0 Å². The molecule has 0 amide bonds.